The highest BCUT2D eigenvalue weighted by atomic mass is 79.9. The molecule has 4 nitrogen and oxygen atoms in total. The van der Waals surface area contributed by atoms with Crippen LogP contribution in [-0.2, 0) is 0 Å². The quantitative estimate of drug-likeness (QED) is 0.753. The van der Waals surface area contributed by atoms with E-state index in [1.54, 1.807) is 44.4 Å². The van der Waals surface area contributed by atoms with Gasteiger partial charge in [-0.3, -0.25) is 4.79 Å². The van der Waals surface area contributed by atoms with Crippen molar-refractivity contribution in [2.45, 2.75) is 18.2 Å². The zero-order valence-corrected chi connectivity index (χ0v) is 13.4. The maximum Gasteiger partial charge on any atom is 0.261 e. The second-order valence-corrected chi connectivity index (χ2v) is 5.90. The zero-order valence-electron chi connectivity index (χ0n) is 11.8. The third-order valence-electron chi connectivity index (χ3n) is 2.85. The number of hydrogen-bond donors (Lipinski definition) is 0. The standard InChI is InChI=1S/C14H20BrNO3/c1-10(15)8-9-16(2)14(17)13-11(18-3)6-5-7-12(13)19-4/h5-7,10H,8-9H2,1-4H3. The van der Waals surface area contributed by atoms with Crippen LogP contribution in [0, 0.1) is 0 Å². The Balaban J connectivity index is 2.97. The molecule has 1 atom stereocenters. The first kappa shape index (κ1) is 15.8. The number of rotatable bonds is 6. The number of carbonyl (C=O) groups is 1. The summed E-state index contributed by atoms with van der Waals surface area (Å²) in [6.45, 7) is 2.73. The molecule has 0 aliphatic rings. The summed E-state index contributed by atoms with van der Waals surface area (Å²) in [7, 11) is 4.88. The van der Waals surface area contributed by atoms with E-state index in [4.69, 9.17) is 9.47 Å². The minimum Gasteiger partial charge on any atom is -0.496 e. The Labute approximate surface area is 122 Å². The number of amides is 1. The molecule has 5 heteroatoms. The Kier molecular flexibility index (Phi) is 6.15. The van der Waals surface area contributed by atoms with Crippen LogP contribution >= 0.6 is 15.9 Å². The molecule has 0 radical (unpaired) electrons. The highest BCUT2D eigenvalue weighted by molar-refractivity contribution is 9.09. The summed E-state index contributed by atoms with van der Waals surface area (Å²) in [4.78, 5) is 14.5. The number of carbonyl (C=O) groups excluding carboxylic acids is 1. The minimum atomic E-state index is -0.0950. The second kappa shape index (κ2) is 7.38. The molecular weight excluding hydrogens is 310 g/mol. The number of alkyl halides is 1. The van der Waals surface area contributed by atoms with E-state index >= 15 is 0 Å². The van der Waals surface area contributed by atoms with Crippen LogP contribution in [0.25, 0.3) is 0 Å². The van der Waals surface area contributed by atoms with Crippen molar-refractivity contribution in [1.82, 2.24) is 4.90 Å². The van der Waals surface area contributed by atoms with Crippen LogP contribution in [0.5, 0.6) is 11.5 Å². The first-order chi connectivity index (χ1) is 9.01. The Bertz CT molecular complexity index is 412. The topological polar surface area (TPSA) is 38.8 Å². The van der Waals surface area contributed by atoms with Gasteiger partial charge in [-0.25, -0.2) is 0 Å². The molecule has 1 aromatic carbocycles. The molecule has 0 N–H and O–H groups in total. The molecule has 0 saturated carbocycles. The molecule has 1 unspecified atom stereocenters. The van der Waals surface area contributed by atoms with Crippen LogP contribution in [0.15, 0.2) is 18.2 Å². The lowest BCUT2D eigenvalue weighted by molar-refractivity contribution is 0.0787. The van der Waals surface area contributed by atoms with E-state index < -0.39 is 0 Å². The molecule has 0 aliphatic heterocycles. The van der Waals surface area contributed by atoms with Gasteiger partial charge < -0.3 is 14.4 Å². The molecule has 1 aromatic rings. The van der Waals surface area contributed by atoms with Crippen LogP contribution in [0.1, 0.15) is 23.7 Å². The summed E-state index contributed by atoms with van der Waals surface area (Å²) < 4.78 is 10.5. The summed E-state index contributed by atoms with van der Waals surface area (Å²) in [5, 5.41) is 0. The molecule has 0 fully saturated rings. The van der Waals surface area contributed by atoms with Gasteiger partial charge in [0.15, 0.2) is 0 Å². The summed E-state index contributed by atoms with van der Waals surface area (Å²) in [6, 6.07) is 5.32. The zero-order chi connectivity index (χ0) is 14.4. The molecule has 106 valence electrons. The van der Waals surface area contributed by atoms with Crippen molar-refractivity contribution in [3.63, 3.8) is 0 Å². The maximum absolute atomic E-state index is 12.5. The summed E-state index contributed by atoms with van der Waals surface area (Å²) in [6.07, 6.45) is 0.889. The van der Waals surface area contributed by atoms with E-state index in [9.17, 15) is 4.79 Å². The van der Waals surface area contributed by atoms with E-state index in [0.29, 0.717) is 28.4 Å². The fourth-order valence-corrected chi connectivity index (χ4v) is 1.93. The number of nitrogens with zero attached hydrogens (tertiary/aromatic N) is 1. The van der Waals surface area contributed by atoms with Gasteiger partial charge in [0.2, 0.25) is 0 Å². The molecule has 0 saturated heterocycles. The molecule has 0 aliphatic carbocycles. The fourth-order valence-electron chi connectivity index (χ4n) is 1.73. The van der Waals surface area contributed by atoms with Crippen molar-refractivity contribution in [2.75, 3.05) is 27.8 Å². The SMILES string of the molecule is COc1cccc(OC)c1C(=O)N(C)CCC(C)Br. The minimum absolute atomic E-state index is 0.0950. The molecule has 0 heterocycles. The number of hydrogen-bond acceptors (Lipinski definition) is 3. The highest BCUT2D eigenvalue weighted by Gasteiger charge is 2.21. The lowest BCUT2D eigenvalue weighted by atomic mass is 10.1. The molecule has 0 spiro atoms. The Hall–Kier alpha value is -1.23. The van der Waals surface area contributed by atoms with Gasteiger partial charge in [-0.05, 0) is 18.6 Å². The lowest BCUT2D eigenvalue weighted by Gasteiger charge is -2.20. The van der Waals surface area contributed by atoms with Gasteiger partial charge in [-0.15, -0.1) is 0 Å². The van der Waals surface area contributed by atoms with Crippen molar-refractivity contribution in [3.05, 3.63) is 23.8 Å². The monoisotopic (exact) mass is 329 g/mol. The van der Waals surface area contributed by atoms with Gasteiger partial charge in [0.05, 0.1) is 14.2 Å². The van der Waals surface area contributed by atoms with Gasteiger partial charge in [-0.1, -0.05) is 28.9 Å². The van der Waals surface area contributed by atoms with Crippen LogP contribution in [0.3, 0.4) is 0 Å². The van der Waals surface area contributed by atoms with Gasteiger partial charge in [0, 0.05) is 18.4 Å². The van der Waals surface area contributed by atoms with E-state index in [-0.39, 0.29) is 5.91 Å². The van der Waals surface area contributed by atoms with E-state index in [1.807, 2.05) is 0 Å². The average Bonchev–Trinajstić information content (AvgIpc) is 2.42. The van der Waals surface area contributed by atoms with Crippen molar-refractivity contribution in [2.24, 2.45) is 0 Å². The van der Waals surface area contributed by atoms with Gasteiger partial charge >= 0.3 is 0 Å². The maximum atomic E-state index is 12.5. The van der Waals surface area contributed by atoms with Crippen LogP contribution in [0.2, 0.25) is 0 Å². The summed E-state index contributed by atoms with van der Waals surface area (Å²) >= 11 is 3.48. The number of methoxy groups -OCH3 is 2. The molecule has 0 bridgehead atoms. The Morgan fingerprint density at radius 3 is 2.26 bits per heavy atom. The average molecular weight is 330 g/mol. The smallest absolute Gasteiger partial charge is 0.261 e. The summed E-state index contributed by atoms with van der Waals surface area (Å²) in [5.74, 6) is 0.966. The van der Waals surface area contributed by atoms with Crippen LogP contribution in [-0.4, -0.2) is 43.4 Å². The van der Waals surface area contributed by atoms with E-state index in [1.165, 1.54) is 0 Å². The number of halogens is 1. The summed E-state index contributed by atoms with van der Waals surface area (Å²) in [5.41, 5.74) is 0.470. The van der Waals surface area contributed by atoms with Crippen molar-refractivity contribution < 1.29 is 14.3 Å². The normalized spacial score (nSPS) is 11.8. The lowest BCUT2D eigenvalue weighted by Crippen LogP contribution is -2.29. The molecule has 1 amide bonds. The fraction of sp³-hybridized carbons (Fsp3) is 0.500. The Morgan fingerprint density at radius 1 is 1.32 bits per heavy atom. The van der Waals surface area contributed by atoms with Crippen molar-refractivity contribution >= 4 is 21.8 Å². The Morgan fingerprint density at radius 2 is 1.84 bits per heavy atom. The predicted molar refractivity (Wildman–Crippen MR) is 79.5 cm³/mol. The van der Waals surface area contributed by atoms with E-state index in [0.717, 1.165) is 6.42 Å². The number of ether oxygens (including phenoxy) is 2. The largest absolute Gasteiger partial charge is 0.496 e. The molecule has 0 aromatic heterocycles. The predicted octanol–water partition coefficient (Wildman–Crippen LogP) is 2.95. The van der Waals surface area contributed by atoms with Crippen molar-refractivity contribution in [3.8, 4) is 11.5 Å². The number of benzene rings is 1. The van der Waals surface area contributed by atoms with Crippen molar-refractivity contribution in [1.29, 1.82) is 0 Å². The first-order valence-corrected chi connectivity index (χ1v) is 7.03. The molecule has 19 heavy (non-hydrogen) atoms. The van der Waals surface area contributed by atoms with Gasteiger partial charge in [-0.2, -0.15) is 0 Å². The molecule has 1 rings (SSSR count). The first-order valence-electron chi connectivity index (χ1n) is 6.11. The van der Waals surface area contributed by atoms with Gasteiger partial charge in [0.1, 0.15) is 17.1 Å². The second-order valence-electron chi connectivity index (χ2n) is 4.33. The van der Waals surface area contributed by atoms with E-state index in [2.05, 4.69) is 22.9 Å². The van der Waals surface area contributed by atoms with Crippen LogP contribution in [0.4, 0.5) is 0 Å². The van der Waals surface area contributed by atoms with Crippen LogP contribution < -0.4 is 9.47 Å². The highest BCUT2D eigenvalue weighted by Crippen LogP contribution is 2.29. The molecular formula is C14H20BrNO3. The third-order valence-corrected chi connectivity index (χ3v) is 3.31. The van der Waals surface area contributed by atoms with Gasteiger partial charge in [0.25, 0.3) is 5.91 Å². The third kappa shape index (κ3) is 4.13.